The maximum absolute atomic E-state index is 12.4. The van der Waals surface area contributed by atoms with Crippen molar-refractivity contribution in [1.29, 1.82) is 0 Å². The van der Waals surface area contributed by atoms with E-state index in [1.165, 1.54) is 13.0 Å². The fourth-order valence-corrected chi connectivity index (χ4v) is 2.88. The minimum atomic E-state index is -0.905. The van der Waals surface area contributed by atoms with E-state index in [4.69, 9.17) is 32.7 Å². The molecule has 0 radical (unpaired) electrons. The second-order valence-corrected chi connectivity index (χ2v) is 7.11. The topological polar surface area (TPSA) is 76.7 Å². The quantitative estimate of drug-likeness (QED) is 0.607. The summed E-state index contributed by atoms with van der Waals surface area (Å²) >= 11 is 15.1. The van der Waals surface area contributed by atoms with Crippen LogP contribution in [0.4, 0.5) is 0 Å². The third kappa shape index (κ3) is 6.02. The fourth-order valence-electron chi connectivity index (χ4n) is 2.06. The Morgan fingerprint density at radius 1 is 1.11 bits per heavy atom. The summed E-state index contributed by atoms with van der Waals surface area (Å²) in [6, 6.07) is 9.68. The number of hydrogen-bond acceptors (Lipinski definition) is 4. The van der Waals surface area contributed by atoms with Crippen LogP contribution < -0.4 is 20.3 Å². The van der Waals surface area contributed by atoms with Crippen LogP contribution in [-0.2, 0) is 4.79 Å². The molecule has 0 aromatic heterocycles. The first-order valence-corrected chi connectivity index (χ1v) is 9.51. The van der Waals surface area contributed by atoms with Gasteiger partial charge in [-0.05, 0) is 50.2 Å². The summed E-state index contributed by atoms with van der Waals surface area (Å²) in [5, 5.41) is 0.734. The van der Waals surface area contributed by atoms with Crippen molar-refractivity contribution in [2.75, 3.05) is 6.61 Å². The number of rotatable bonds is 6. The summed E-state index contributed by atoms with van der Waals surface area (Å²) in [5.41, 5.74) is 4.94. The average molecular weight is 476 g/mol. The van der Waals surface area contributed by atoms with E-state index in [9.17, 15) is 9.59 Å². The van der Waals surface area contributed by atoms with Crippen molar-refractivity contribution < 1.29 is 19.1 Å². The van der Waals surface area contributed by atoms with Crippen LogP contribution >= 0.6 is 39.1 Å². The SMILES string of the molecule is CCOc1ccc(Br)cc1C(=O)NNC(=O)C(C)Oc1ccc(Cl)cc1Cl. The molecule has 1 unspecified atom stereocenters. The van der Waals surface area contributed by atoms with E-state index in [0.29, 0.717) is 27.6 Å². The van der Waals surface area contributed by atoms with Gasteiger partial charge in [-0.15, -0.1) is 0 Å². The number of carbonyl (C=O) groups is 2. The van der Waals surface area contributed by atoms with E-state index in [1.807, 2.05) is 6.92 Å². The molecule has 2 aromatic carbocycles. The predicted octanol–water partition coefficient (Wildman–Crippen LogP) is 4.38. The first-order valence-electron chi connectivity index (χ1n) is 7.96. The van der Waals surface area contributed by atoms with Gasteiger partial charge < -0.3 is 9.47 Å². The lowest BCUT2D eigenvalue weighted by Crippen LogP contribution is -2.47. The molecule has 1 atom stereocenters. The number of halogens is 3. The van der Waals surface area contributed by atoms with Crippen LogP contribution in [0.25, 0.3) is 0 Å². The fraction of sp³-hybridized carbons (Fsp3) is 0.222. The van der Waals surface area contributed by atoms with E-state index in [0.717, 1.165) is 0 Å². The second-order valence-electron chi connectivity index (χ2n) is 5.35. The molecule has 6 nitrogen and oxygen atoms in total. The summed E-state index contributed by atoms with van der Waals surface area (Å²) in [4.78, 5) is 24.5. The van der Waals surface area contributed by atoms with Crippen LogP contribution in [0.2, 0.25) is 10.0 Å². The lowest BCUT2D eigenvalue weighted by molar-refractivity contribution is -0.128. The van der Waals surface area contributed by atoms with Crippen LogP contribution in [0.5, 0.6) is 11.5 Å². The van der Waals surface area contributed by atoms with Crippen LogP contribution in [0, 0.1) is 0 Å². The average Bonchev–Trinajstić information content (AvgIpc) is 2.63. The standard InChI is InChI=1S/C18H17BrCl2N2O4/c1-3-26-15-6-4-11(19)8-13(15)18(25)23-22-17(24)10(2)27-16-7-5-12(20)9-14(16)21/h4-10H,3H2,1-2H3,(H,22,24)(H,23,25). The van der Waals surface area contributed by atoms with Crippen molar-refractivity contribution in [3.63, 3.8) is 0 Å². The summed E-state index contributed by atoms with van der Waals surface area (Å²) in [5.74, 6) is -0.363. The van der Waals surface area contributed by atoms with Crippen molar-refractivity contribution in [3.8, 4) is 11.5 Å². The van der Waals surface area contributed by atoms with E-state index in [1.54, 1.807) is 30.3 Å². The smallest absolute Gasteiger partial charge is 0.279 e. The van der Waals surface area contributed by atoms with E-state index >= 15 is 0 Å². The molecule has 0 fully saturated rings. The van der Waals surface area contributed by atoms with Crippen LogP contribution in [0.1, 0.15) is 24.2 Å². The first-order chi connectivity index (χ1) is 12.8. The Morgan fingerprint density at radius 3 is 2.48 bits per heavy atom. The molecule has 9 heteroatoms. The van der Waals surface area contributed by atoms with E-state index in [-0.39, 0.29) is 10.6 Å². The molecular formula is C18H17BrCl2N2O4. The van der Waals surface area contributed by atoms with Gasteiger partial charge in [0.2, 0.25) is 0 Å². The van der Waals surface area contributed by atoms with Gasteiger partial charge in [-0.25, -0.2) is 0 Å². The summed E-state index contributed by atoms with van der Waals surface area (Å²) in [6.07, 6.45) is -0.905. The van der Waals surface area contributed by atoms with Gasteiger partial charge >= 0.3 is 0 Å². The predicted molar refractivity (Wildman–Crippen MR) is 107 cm³/mol. The van der Waals surface area contributed by atoms with Crippen molar-refractivity contribution in [3.05, 3.63) is 56.5 Å². The molecular weight excluding hydrogens is 459 g/mol. The number of amides is 2. The van der Waals surface area contributed by atoms with E-state index in [2.05, 4.69) is 26.8 Å². The monoisotopic (exact) mass is 474 g/mol. The molecule has 0 spiro atoms. The van der Waals surface area contributed by atoms with Gasteiger partial charge in [0.15, 0.2) is 6.10 Å². The van der Waals surface area contributed by atoms with Gasteiger partial charge in [0, 0.05) is 9.50 Å². The highest BCUT2D eigenvalue weighted by Crippen LogP contribution is 2.28. The molecule has 27 heavy (non-hydrogen) atoms. The lowest BCUT2D eigenvalue weighted by Gasteiger charge is -2.16. The normalized spacial score (nSPS) is 11.4. The molecule has 0 aliphatic heterocycles. The zero-order chi connectivity index (χ0) is 20.0. The molecule has 0 saturated heterocycles. The summed E-state index contributed by atoms with van der Waals surface area (Å²) in [6.45, 7) is 3.74. The van der Waals surface area contributed by atoms with Gasteiger partial charge in [-0.1, -0.05) is 39.1 Å². The highest BCUT2D eigenvalue weighted by atomic mass is 79.9. The Morgan fingerprint density at radius 2 is 1.81 bits per heavy atom. The first kappa shape index (κ1) is 21.3. The Kier molecular flexibility index (Phi) is 7.77. The molecule has 2 N–H and O–H groups in total. The minimum Gasteiger partial charge on any atom is -0.493 e. The molecule has 0 bridgehead atoms. The van der Waals surface area contributed by atoms with Crippen molar-refractivity contribution in [2.24, 2.45) is 0 Å². The Bertz CT molecular complexity index is 848. The number of ether oxygens (including phenoxy) is 2. The number of carbonyl (C=O) groups excluding carboxylic acids is 2. The van der Waals surface area contributed by atoms with Gasteiger partial charge in [0.05, 0.1) is 17.2 Å². The molecule has 2 aromatic rings. The molecule has 144 valence electrons. The molecule has 2 amide bonds. The van der Waals surface area contributed by atoms with Crippen LogP contribution in [0.15, 0.2) is 40.9 Å². The molecule has 0 aliphatic rings. The second kappa shape index (κ2) is 9.82. The Hall–Kier alpha value is -1.96. The summed E-state index contributed by atoms with van der Waals surface area (Å²) in [7, 11) is 0. The molecule has 0 saturated carbocycles. The van der Waals surface area contributed by atoms with Gasteiger partial charge in [-0.3, -0.25) is 20.4 Å². The van der Waals surface area contributed by atoms with Crippen molar-refractivity contribution >= 4 is 50.9 Å². The zero-order valence-corrected chi connectivity index (χ0v) is 17.6. The van der Waals surface area contributed by atoms with Gasteiger partial charge in [0.1, 0.15) is 11.5 Å². The number of nitrogens with one attached hydrogen (secondary N) is 2. The third-order valence-electron chi connectivity index (χ3n) is 3.35. The lowest BCUT2D eigenvalue weighted by atomic mass is 10.2. The van der Waals surface area contributed by atoms with Crippen LogP contribution in [0.3, 0.4) is 0 Å². The van der Waals surface area contributed by atoms with Gasteiger partial charge in [-0.2, -0.15) is 0 Å². The number of hydrazine groups is 1. The minimum absolute atomic E-state index is 0.279. The largest absolute Gasteiger partial charge is 0.493 e. The maximum atomic E-state index is 12.4. The Balaban J connectivity index is 1.98. The van der Waals surface area contributed by atoms with Crippen LogP contribution in [-0.4, -0.2) is 24.5 Å². The number of benzene rings is 2. The molecule has 2 rings (SSSR count). The molecule has 0 aliphatic carbocycles. The molecule has 0 heterocycles. The van der Waals surface area contributed by atoms with Gasteiger partial charge in [0.25, 0.3) is 11.8 Å². The zero-order valence-electron chi connectivity index (χ0n) is 14.5. The highest BCUT2D eigenvalue weighted by Gasteiger charge is 2.19. The van der Waals surface area contributed by atoms with Crippen molar-refractivity contribution in [1.82, 2.24) is 10.9 Å². The third-order valence-corrected chi connectivity index (χ3v) is 4.38. The maximum Gasteiger partial charge on any atom is 0.279 e. The van der Waals surface area contributed by atoms with E-state index < -0.39 is 17.9 Å². The van der Waals surface area contributed by atoms with Crippen molar-refractivity contribution in [2.45, 2.75) is 20.0 Å². The summed E-state index contributed by atoms with van der Waals surface area (Å²) < 4.78 is 11.6. The highest BCUT2D eigenvalue weighted by molar-refractivity contribution is 9.10. The Labute approximate surface area is 175 Å². The number of hydrogen-bond donors (Lipinski definition) is 2.